The van der Waals surface area contributed by atoms with Crippen LogP contribution in [0.3, 0.4) is 0 Å². The van der Waals surface area contributed by atoms with Crippen molar-refractivity contribution in [1.82, 2.24) is 9.97 Å². The lowest BCUT2D eigenvalue weighted by Gasteiger charge is -2.05. The molecule has 0 unspecified atom stereocenters. The van der Waals surface area contributed by atoms with Crippen LogP contribution in [0.15, 0.2) is 18.5 Å². The standard InChI is InChI=1S/C11H14N2O/c14-10(9-4-1-2-5-9)8-11-12-6-3-7-13-11/h3,6-7,9H,1-2,4-5,8H2. The second-order valence-corrected chi connectivity index (χ2v) is 3.79. The molecule has 1 heterocycles. The fourth-order valence-electron chi connectivity index (χ4n) is 1.97. The summed E-state index contributed by atoms with van der Waals surface area (Å²) >= 11 is 0. The molecule has 0 aromatic carbocycles. The van der Waals surface area contributed by atoms with Gasteiger partial charge in [0.1, 0.15) is 11.6 Å². The Morgan fingerprint density at radius 2 is 1.93 bits per heavy atom. The number of hydrogen-bond acceptors (Lipinski definition) is 3. The van der Waals surface area contributed by atoms with Crippen molar-refractivity contribution >= 4 is 5.78 Å². The van der Waals surface area contributed by atoms with E-state index in [0.29, 0.717) is 18.0 Å². The van der Waals surface area contributed by atoms with Crippen LogP contribution in [0.1, 0.15) is 31.5 Å². The van der Waals surface area contributed by atoms with Gasteiger partial charge < -0.3 is 0 Å². The van der Waals surface area contributed by atoms with Crippen LogP contribution in [-0.2, 0) is 11.2 Å². The van der Waals surface area contributed by atoms with E-state index in [-0.39, 0.29) is 5.92 Å². The number of aromatic nitrogens is 2. The van der Waals surface area contributed by atoms with E-state index >= 15 is 0 Å². The molecule has 0 radical (unpaired) electrons. The van der Waals surface area contributed by atoms with Crippen LogP contribution < -0.4 is 0 Å². The van der Waals surface area contributed by atoms with Gasteiger partial charge in [0.15, 0.2) is 0 Å². The maximum Gasteiger partial charge on any atom is 0.143 e. The molecule has 0 spiro atoms. The molecular weight excluding hydrogens is 176 g/mol. The van der Waals surface area contributed by atoms with Crippen molar-refractivity contribution < 1.29 is 4.79 Å². The molecule has 1 aliphatic carbocycles. The number of carbonyl (C=O) groups excluding carboxylic acids is 1. The minimum Gasteiger partial charge on any atom is -0.299 e. The van der Waals surface area contributed by atoms with E-state index in [0.717, 1.165) is 12.8 Å². The predicted octanol–water partition coefficient (Wildman–Crippen LogP) is 1.78. The van der Waals surface area contributed by atoms with Gasteiger partial charge in [-0.2, -0.15) is 0 Å². The van der Waals surface area contributed by atoms with Crippen molar-refractivity contribution in [3.63, 3.8) is 0 Å². The highest BCUT2D eigenvalue weighted by molar-refractivity contribution is 5.82. The number of rotatable bonds is 3. The maximum atomic E-state index is 11.7. The van der Waals surface area contributed by atoms with Crippen LogP contribution in [0.25, 0.3) is 0 Å². The highest BCUT2D eigenvalue weighted by atomic mass is 16.1. The summed E-state index contributed by atoms with van der Waals surface area (Å²) in [6, 6.07) is 1.77. The largest absolute Gasteiger partial charge is 0.299 e. The molecule has 14 heavy (non-hydrogen) atoms. The van der Waals surface area contributed by atoms with Crippen LogP contribution in [0.5, 0.6) is 0 Å². The van der Waals surface area contributed by atoms with Crippen LogP contribution >= 0.6 is 0 Å². The SMILES string of the molecule is O=C(Cc1ncccn1)C1CCCC1. The zero-order valence-electron chi connectivity index (χ0n) is 8.15. The number of carbonyl (C=O) groups is 1. The Morgan fingerprint density at radius 3 is 2.57 bits per heavy atom. The first-order chi connectivity index (χ1) is 6.86. The Bertz CT molecular complexity index is 304. The lowest BCUT2D eigenvalue weighted by atomic mass is 10.00. The van der Waals surface area contributed by atoms with E-state index in [1.54, 1.807) is 18.5 Å². The van der Waals surface area contributed by atoms with E-state index < -0.39 is 0 Å². The molecule has 0 amide bonds. The Morgan fingerprint density at radius 1 is 1.29 bits per heavy atom. The quantitative estimate of drug-likeness (QED) is 0.729. The first-order valence-electron chi connectivity index (χ1n) is 5.15. The Hall–Kier alpha value is -1.25. The van der Waals surface area contributed by atoms with Gasteiger partial charge in [0.05, 0.1) is 6.42 Å². The summed E-state index contributed by atoms with van der Waals surface area (Å²) < 4.78 is 0. The molecule has 0 atom stereocenters. The minimum absolute atomic E-state index is 0.277. The number of nitrogens with zero attached hydrogens (tertiary/aromatic N) is 2. The normalized spacial score (nSPS) is 17.1. The van der Waals surface area contributed by atoms with Crippen molar-refractivity contribution in [3.8, 4) is 0 Å². The highest BCUT2D eigenvalue weighted by Crippen LogP contribution is 2.26. The van der Waals surface area contributed by atoms with Crippen LogP contribution in [0.2, 0.25) is 0 Å². The van der Waals surface area contributed by atoms with Gasteiger partial charge in [-0.1, -0.05) is 12.8 Å². The van der Waals surface area contributed by atoms with Crippen molar-refractivity contribution in [3.05, 3.63) is 24.3 Å². The van der Waals surface area contributed by atoms with Crippen molar-refractivity contribution in [2.75, 3.05) is 0 Å². The molecule has 1 aromatic rings. The maximum absolute atomic E-state index is 11.7. The van der Waals surface area contributed by atoms with Crippen molar-refractivity contribution in [1.29, 1.82) is 0 Å². The van der Waals surface area contributed by atoms with Gasteiger partial charge >= 0.3 is 0 Å². The molecule has 74 valence electrons. The van der Waals surface area contributed by atoms with Crippen LogP contribution in [0.4, 0.5) is 0 Å². The van der Waals surface area contributed by atoms with E-state index in [4.69, 9.17) is 0 Å². The molecule has 1 aromatic heterocycles. The molecule has 0 bridgehead atoms. The second kappa shape index (κ2) is 4.31. The molecule has 0 N–H and O–H groups in total. The average Bonchev–Trinajstić information content (AvgIpc) is 2.72. The minimum atomic E-state index is 0.277. The van der Waals surface area contributed by atoms with Gasteiger partial charge in [-0.25, -0.2) is 9.97 Å². The van der Waals surface area contributed by atoms with Gasteiger partial charge in [0, 0.05) is 18.3 Å². The average molecular weight is 190 g/mol. The van der Waals surface area contributed by atoms with E-state index in [1.807, 2.05) is 0 Å². The van der Waals surface area contributed by atoms with Crippen molar-refractivity contribution in [2.45, 2.75) is 32.1 Å². The smallest absolute Gasteiger partial charge is 0.143 e. The van der Waals surface area contributed by atoms with E-state index in [1.165, 1.54) is 12.8 Å². The lowest BCUT2D eigenvalue weighted by Crippen LogP contribution is -2.14. The number of Topliss-reactive ketones (excluding diaryl/α,β-unsaturated/α-hetero) is 1. The first-order valence-corrected chi connectivity index (χ1v) is 5.15. The molecule has 2 rings (SSSR count). The van der Waals surface area contributed by atoms with Crippen LogP contribution in [-0.4, -0.2) is 15.8 Å². The van der Waals surface area contributed by atoms with Crippen molar-refractivity contribution in [2.24, 2.45) is 5.92 Å². The Labute approximate surface area is 83.6 Å². The van der Waals surface area contributed by atoms with E-state index in [2.05, 4.69) is 9.97 Å². The molecule has 0 aliphatic heterocycles. The fourth-order valence-corrected chi connectivity index (χ4v) is 1.97. The molecular formula is C11H14N2O. The molecule has 1 saturated carbocycles. The summed E-state index contributed by atoms with van der Waals surface area (Å²) in [6.07, 6.45) is 8.30. The lowest BCUT2D eigenvalue weighted by molar-refractivity contribution is -0.122. The second-order valence-electron chi connectivity index (χ2n) is 3.79. The zero-order valence-corrected chi connectivity index (χ0v) is 8.15. The highest BCUT2D eigenvalue weighted by Gasteiger charge is 2.22. The summed E-state index contributed by atoms with van der Waals surface area (Å²) in [5, 5.41) is 0. The Balaban J connectivity index is 1.94. The third-order valence-corrected chi connectivity index (χ3v) is 2.76. The number of ketones is 1. The van der Waals surface area contributed by atoms with E-state index in [9.17, 15) is 4.79 Å². The van der Waals surface area contributed by atoms with Crippen LogP contribution in [0, 0.1) is 5.92 Å². The first kappa shape index (κ1) is 9.31. The van der Waals surface area contributed by atoms with Gasteiger partial charge in [0.25, 0.3) is 0 Å². The summed E-state index contributed by atoms with van der Waals surface area (Å²) in [6.45, 7) is 0. The summed E-state index contributed by atoms with van der Waals surface area (Å²) in [5.74, 6) is 1.25. The molecule has 0 saturated heterocycles. The molecule has 1 aliphatic rings. The summed E-state index contributed by atoms with van der Waals surface area (Å²) in [4.78, 5) is 19.9. The van der Waals surface area contributed by atoms with Gasteiger partial charge in [-0.3, -0.25) is 4.79 Å². The summed E-state index contributed by atoms with van der Waals surface area (Å²) in [5.41, 5.74) is 0. The third kappa shape index (κ3) is 2.16. The fraction of sp³-hybridized carbons (Fsp3) is 0.545. The monoisotopic (exact) mass is 190 g/mol. The van der Waals surface area contributed by atoms with Gasteiger partial charge in [0.2, 0.25) is 0 Å². The topological polar surface area (TPSA) is 42.9 Å². The predicted molar refractivity (Wildman–Crippen MR) is 52.7 cm³/mol. The summed E-state index contributed by atoms with van der Waals surface area (Å²) in [7, 11) is 0. The zero-order chi connectivity index (χ0) is 9.80. The molecule has 3 heteroatoms. The number of hydrogen-bond donors (Lipinski definition) is 0. The Kier molecular flexibility index (Phi) is 2.87. The molecule has 3 nitrogen and oxygen atoms in total. The van der Waals surface area contributed by atoms with Gasteiger partial charge in [-0.05, 0) is 18.9 Å². The molecule has 1 fully saturated rings. The van der Waals surface area contributed by atoms with Gasteiger partial charge in [-0.15, -0.1) is 0 Å². The third-order valence-electron chi connectivity index (χ3n) is 2.76.